The molecule has 1 aromatic rings. The summed E-state index contributed by atoms with van der Waals surface area (Å²) in [6.07, 6.45) is 1.63. The van der Waals surface area contributed by atoms with Gasteiger partial charge in [-0.3, -0.25) is 9.29 Å². The molecule has 1 aromatic carbocycles. The van der Waals surface area contributed by atoms with Gasteiger partial charge in [-0.15, -0.1) is 0 Å². The predicted octanol–water partition coefficient (Wildman–Crippen LogP) is 3.18. The number of benzene rings is 1. The molecule has 0 radical (unpaired) electrons. The summed E-state index contributed by atoms with van der Waals surface area (Å²) in [6, 6.07) is 4.15. The first-order valence-electron chi connectivity index (χ1n) is 5.88. The standard InChI is InChI=1S/C13H17BrFNO/c1-17-13-8-11(14)7-10-3-6-16(5-2-4-15)9-12(10)13/h7-8H,2-6,9H2,1H3. The molecule has 0 bridgehead atoms. The maximum atomic E-state index is 12.2. The molecule has 4 heteroatoms. The van der Waals surface area contributed by atoms with E-state index in [9.17, 15) is 4.39 Å². The van der Waals surface area contributed by atoms with E-state index in [4.69, 9.17) is 4.74 Å². The lowest BCUT2D eigenvalue weighted by Crippen LogP contribution is -2.31. The lowest BCUT2D eigenvalue weighted by atomic mass is 9.98. The largest absolute Gasteiger partial charge is 0.496 e. The number of alkyl halides is 1. The molecule has 2 nitrogen and oxygen atoms in total. The SMILES string of the molecule is COc1cc(Br)cc2c1CN(CCCF)CC2. The summed E-state index contributed by atoms with van der Waals surface area (Å²) < 4.78 is 18.7. The van der Waals surface area contributed by atoms with Gasteiger partial charge in [0.25, 0.3) is 0 Å². The molecule has 0 saturated heterocycles. The van der Waals surface area contributed by atoms with Crippen LogP contribution in [0.15, 0.2) is 16.6 Å². The Labute approximate surface area is 110 Å². The normalized spacial score (nSPS) is 15.7. The minimum Gasteiger partial charge on any atom is -0.496 e. The van der Waals surface area contributed by atoms with Crippen LogP contribution in [0, 0.1) is 0 Å². The lowest BCUT2D eigenvalue weighted by Gasteiger charge is -2.29. The molecular weight excluding hydrogens is 285 g/mol. The van der Waals surface area contributed by atoms with Gasteiger partial charge in [-0.2, -0.15) is 0 Å². The van der Waals surface area contributed by atoms with Gasteiger partial charge in [-0.25, -0.2) is 0 Å². The van der Waals surface area contributed by atoms with E-state index in [-0.39, 0.29) is 6.67 Å². The molecule has 0 N–H and O–H groups in total. The summed E-state index contributed by atoms with van der Waals surface area (Å²) in [5.41, 5.74) is 2.59. The Balaban J connectivity index is 2.18. The van der Waals surface area contributed by atoms with Crippen LogP contribution in [-0.4, -0.2) is 31.8 Å². The minimum atomic E-state index is -0.235. The predicted molar refractivity (Wildman–Crippen MR) is 70.3 cm³/mol. The van der Waals surface area contributed by atoms with Crippen LogP contribution in [0.2, 0.25) is 0 Å². The van der Waals surface area contributed by atoms with E-state index in [0.29, 0.717) is 6.42 Å². The van der Waals surface area contributed by atoms with Crippen molar-refractivity contribution in [2.24, 2.45) is 0 Å². The van der Waals surface area contributed by atoms with Crippen LogP contribution < -0.4 is 4.74 Å². The summed E-state index contributed by atoms with van der Waals surface area (Å²) in [5.74, 6) is 0.930. The van der Waals surface area contributed by atoms with Gasteiger partial charge in [0.15, 0.2) is 0 Å². The maximum absolute atomic E-state index is 12.2. The molecule has 0 unspecified atom stereocenters. The molecule has 0 spiro atoms. The van der Waals surface area contributed by atoms with E-state index in [1.165, 1.54) is 11.1 Å². The third kappa shape index (κ3) is 2.99. The fraction of sp³-hybridized carbons (Fsp3) is 0.538. The summed E-state index contributed by atoms with van der Waals surface area (Å²) in [6.45, 7) is 2.47. The average Bonchev–Trinajstić information content (AvgIpc) is 2.35. The van der Waals surface area contributed by atoms with Crippen molar-refractivity contribution in [2.75, 3.05) is 26.9 Å². The van der Waals surface area contributed by atoms with Crippen LogP contribution in [0.25, 0.3) is 0 Å². The molecule has 0 saturated carbocycles. The van der Waals surface area contributed by atoms with Gasteiger partial charge < -0.3 is 4.74 Å². The Bertz CT molecular complexity index is 380. The number of halogens is 2. The molecular formula is C13H17BrFNO. The molecule has 2 rings (SSSR count). The van der Waals surface area contributed by atoms with E-state index in [1.807, 2.05) is 6.07 Å². The number of ether oxygens (including phenoxy) is 1. The van der Waals surface area contributed by atoms with Gasteiger partial charge in [0.2, 0.25) is 0 Å². The molecule has 0 fully saturated rings. The second kappa shape index (κ2) is 5.83. The smallest absolute Gasteiger partial charge is 0.124 e. The molecule has 1 aliphatic rings. The zero-order valence-electron chi connectivity index (χ0n) is 10.0. The first-order valence-corrected chi connectivity index (χ1v) is 6.67. The molecule has 0 aliphatic carbocycles. The van der Waals surface area contributed by atoms with Crippen molar-refractivity contribution in [3.05, 3.63) is 27.7 Å². The van der Waals surface area contributed by atoms with Gasteiger partial charge >= 0.3 is 0 Å². The Morgan fingerprint density at radius 1 is 1.47 bits per heavy atom. The summed E-state index contributed by atoms with van der Waals surface area (Å²) in [7, 11) is 1.70. The fourth-order valence-corrected chi connectivity index (χ4v) is 2.79. The molecule has 1 heterocycles. The van der Waals surface area contributed by atoms with Crippen LogP contribution in [0.5, 0.6) is 5.75 Å². The highest BCUT2D eigenvalue weighted by atomic mass is 79.9. The van der Waals surface area contributed by atoms with Gasteiger partial charge in [0.1, 0.15) is 5.75 Å². The molecule has 0 aromatic heterocycles. The Morgan fingerprint density at radius 3 is 3.00 bits per heavy atom. The summed E-state index contributed by atoms with van der Waals surface area (Å²) in [4.78, 5) is 2.29. The zero-order chi connectivity index (χ0) is 12.3. The number of methoxy groups -OCH3 is 1. The zero-order valence-corrected chi connectivity index (χ0v) is 11.6. The number of hydrogen-bond acceptors (Lipinski definition) is 2. The van der Waals surface area contributed by atoms with Crippen molar-refractivity contribution in [2.45, 2.75) is 19.4 Å². The third-order valence-corrected chi connectivity index (χ3v) is 3.63. The second-order valence-electron chi connectivity index (χ2n) is 4.31. The monoisotopic (exact) mass is 301 g/mol. The highest BCUT2D eigenvalue weighted by molar-refractivity contribution is 9.10. The topological polar surface area (TPSA) is 12.5 Å². The van der Waals surface area contributed by atoms with Crippen LogP contribution >= 0.6 is 15.9 Å². The van der Waals surface area contributed by atoms with Gasteiger partial charge in [-0.1, -0.05) is 15.9 Å². The van der Waals surface area contributed by atoms with Crippen molar-refractivity contribution in [1.29, 1.82) is 0 Å². The van der Waals surface area contributed by atoms with Gasteiger partial charge in [0.05, 0.1) is 13.8 Å². The molecule has 1 aliphatic heterocycles. The van der Waals surface area contributed by atoms with E-state index in [1.54, 1.807) is 7.11 Å². The number of hydrogen-bond donors (Lipinski definition) is 0. The lowest BCUT2D eigenvalue weighted by molar-refractivity contribution is 0.236. The van der Waals surface area contributed by atoms with Crippen LogP contribution in [0.4, 0.5) is 4.39 Å². The Morgan fingerprint density at radius 2 is 2.29 bits per heavy atom. The highest BCUT2D eigenvalue weighted by Gasteiger charge is 2.19. The minimum absolute atomic E-state index is 0.235. The second-order valence-corrected chi connectivity index (χ2v) is 5.23. The quantitative estimate of drug-likeness (QED) is 0.847. The fourth-order valence-electron chi connectivity index (χ4n) is 2.31. The van der Waals surface area contributed by atoms with Crippen molar-refractivity contribution >= 4 is 15.9 Å². The summed E-state index contributed by atoms with van der Waals surface area (Å²) >= 11 is 3.50. The Kier molecular flexibility index (Phi) is 4.40. The van der Waals surface area contributed by atoms with Crippen LogP contribution in [0.3, 0.4) is 0 Å². The van der Waals surface area contributed by atoms with Crippen LogP contribution in [0.1, 0.15) is 17.5 Å². The molecule has 0 amide bonds. The molecule has 94 valence electrons. The highest BCUT2D eigenvalue weighted by Crippen LogP contribution is 2.31. The Hall–Kier alpha value is -0.610. The van der Waals surface area contributed by atoms with Crippen molar-refractivity contribution in [1.82, 2.24) is 4.90 Å². The first kappa shape index (κ1) is 12.8. The summed E-state index contributed by atoms with van der Waals surface area (Å²) in [5, 5.41) is 0. The van der Waals surface area contributed by atoms with Crippen molar-refractivity contribution in [3.63, 3.8) is 0 Å². The third-order valence-electron chi connectivity index (χ3n) is 3.17. The van der Waals surface area contributed by atoms with Crippen molar-refractivity contribution < 1.29 is 9.13 Å². The van der Waals surface area contributed by atoms with E-state index in [0.717, 1.165) is 36.3 Å². The van der Waals surface area contributed by atoms with Gasteiger partial charge in [0, 0.05) is 29.7 Å². The molecule has 0 atom stereocenters. The number of rotatable bonds is 4. The van der Waals surface area contributed by atoms with Crippen LogP contribution in [-0.2, 0) is 13.0 Å². The van der Waals surface area contributed by atoms with E-state index < -0.39 is 0 Å². The average molecular weight is 302 g/mol. The first-order chi connectivity index (χ1) is 8.24. The number of nitrogens with zero attached hydrogens (tertiary/aromatic N) is 1. The van der Waals surface area contributed by atoms with Gasteiger partial charge in [-0.05, 0) is 30.5 Å². The maximum Gasteiger partial charge on any atom is 0.124 e. The van der Waals surface area contributed by atoms with E-state index in [2.05, 4.69) is 26.9 Å². The van der Waals surface area contributed by atoms with E-state index >= 15 is 0 Å². The number of fused-ring (bicyclic) bond motifs is 1. The van der Waals surface area contributed by atoms with Crippen molar-refractivity contribution in [3.8, 4) is 5.75 Å². The molecule has 17 heavy (non-hydrogen) atoms.